The van der Waals surface area contributed by atoms with Gasteiger partial charge in [-0.05, 0) is 37.4 Å². The molecule has 1 aromatic heterocycles. The molecule has 17 heavy (non-hydrogen) atoms. The van der Waals surface area contributed by atoms with E-state index in [9.17, 15) is 0 Å². The summed E-state index contributed by atoms with van der Waals surface area (Å²) in [6.07, 6.45) is 3.75. The van der Waals surface area contributed by atoms with Gasteiger partial charge in [-0.3, -0.25) is 5.32 Å². The molecule has 0 saturated heterocycles. The van der Waals surface area contributed by atoms with Crippen LogP contribution in [0.2, 0.25) is 0 Å². The van der Waals surface area contributed by atoms with Gasteiger partial charge in [0.2, 0.25) is 0 Å². The van der Waals surface area contributed by atoms with Crippen LogP contribution in [0.3, 0.4) is 0 Å². The summed E-state index contributed by atoms with van der Waals surface area (Å²) in [5, 5.41) is 12.8. The number of hydrogen-bond donors (Lipinski definition) is 2. The fraction of sp³-hybridized carbons (Fsp3) is 0.167. The maximum Gasteiger partial charge on any atom is 0.183 e. The molecule has 1 aromatic carbocycles. The predicted molar refractivity (Wildman–Crippen MR) is 72.4 cm³/mol. The van der Waals surface area contributed by atoms with Crippen molar-refractivity contribution in [1.29, 1.82) is 5.26 Å². The van der Waals surface area contributed by atoms with Gasteiger partial charge in [-0.2, -0.15) is 5.26 Å². The van der Waals surface area contributed by atoms with Crippen molar-refractivity contribution in [3.63, 3.8) is 0 Å². The van der Waals surface area contributed by atoms with Gasteiger partial charge in [-0.25, -0.2) is 4.99 Å². The van der Waals surface area contributed by atoms with Crippen LogP contribution >= 0.6 is 11.8 Å². The van der Waals surface area contributed by atoms with E-state index >= 15 is 0 Å². The van der Waals surface area contributed by atoms with Crippen LogP contribution in [0.15, 0.2) is 29.3 Å². The molecule has 5 heteroatoms. The van der Waals surface area contributed by atoms with Gasteiger partial charge in [0.05, 0.1) is 5.69 Å². The Morgan fingerprint density at radius 2 is 2.29 bits per heavy atom. The van der Waals surface area contributed by atoms with Crippen molar-refractivity contribution < 1.29 is 0 Å². The van der Waals surface area contributed by atoms with Gasteiger partial charge in [0.1, 0.15) is 0 Å². The number of hydrogen-bond acceptors (Lipinski definition) is 3. The van der Waals surface area contributed by atoms with Crippen molar-refractivity contribution in [2.45, 2.75) is 6.92 Å². The number of aromatic amines is 1. The number of nitrogens with zero attached hydrogens (tertiary/aromatic N) is 2. The Morgan fingerprint density at radius 3 is 3.00 bits per heavy atom. The van der Waals surface area contributed by atoms with Gasteiger partial charge in [0, 0.05) is 16.6 Å². The highest BCUT2D eigenvalue weighted by atomic mass is 32.2. The van der Waals surface area contributed by atoms with E-state index in [1.807, 2.05) is 37.6 Å². The number of thioether (sulfide) groups is 1. The summed E-state index contributed by atoms with van der Waals surface area (Å²) in [7, 11) is 0. The Labute approximate surface area is 104 Å². The predicted octanol–water partition coefficient (Wildman–Crippen LogP) is 2.90. The van der Waals surface area contributed by atoms with E-state index in [2.05, 4.69) is 21.4 Å². The third-order valence-corrected chi connectivity index (χ3v) is 2.91. The maximum absolute atomic E-state index is 8.56. The lowest BCUT2D eigenvalue weighted by Gasteiger charge is -1.99. The van der Waals surface area contributed by atoms with E-state index < -0.39 is 0 Å². The Bertz CT molecular complexity index is 606. The SMILES string of the molecule is CSC(=Nc1ccc2[nH]c(C)cc2c1)NC#N. The molecular formula is C12H12N4S. The first-order chi connectivity index (χ1) is 8.22. The molecule has 0 atom stereocenters. The average molecular weight is 244 g/mol. The monoisotopic (exact) mass is 244 g/mol. The normalized spacial score (nSPS) is 11.5. The van der Waals surface area contributed by atoms with Crippen molar-refractivity contribution >= 4 is 33.5 Å². The molecule has 4 nitrogen and oxygen atoms in total. The molecule has 0 aliphatic heterocycles. The standard InChI is InChI=1S/C12H12N4S/c1-8-5-9-6-10(3-4-11(9)15-8)16-12(17-2)14-7-13/h3-6,15H,1-2H3,(H,14,16). The van der Waals surface area contributed by atoms with Gasteiger partial charge in [-0.1, -0.05) is 11.8 Å². The molecule has 0 unspecified atom stereocenters. The zero-order chi connectivity index (χ0) is 12.3. The summed E-state index contributed by atoms with van der Waals surface area (Å²) in [5.74, 6) is 0. The first kappa shape index (κ1) is 11.6. The van der Waals surface area contributed by atoms with E-state index in [0.29, 0.717) is 5.17 Å². The molecule has 2 N–H and O–H groups in total. The van der Waals surface area contributed by atoms with Crippen LogP contribution in [-0.2, 0) is 0 Å². The van der Waals surface area contributed by atoms with Gasteiger partial charge in [0.25, 0.3) is 0 Å². The van der Waals surface area contributed by atoms with E-state index in [4.69, 9.17) is 5.26 Å². The van der Waals surface area contributed by atoms with E-state index in [-0.39, 0.29) is 0 Å². The van der Waals surface area contributed by atoms with E-state index in [1.165, 1.54) is 11.8 Å². The average Bonchev–Trinajstić information content (AvgIpc) is 2.68. The largest absolute Gasteiger partial charge is 0.359 e. The second-order valence-corrected chi connectivity index (χ2v) is 4.38. The van der Waals surface area contributed by atoms with Crippen LogP contribution in [-0.4, -0.2) is 16.4 Å². The molecule has 1 heterocycles. The highest BCUT2D eigenvalue weighted by Gasteiger charge is 2.00. The second kappa shape index (κ2) is 4.93. The zero-order valence-electron chi connectivity index (χ0n) is 9.61. The van der Waals surface area contributed by atoms with E-state index in [1.54, 1.807) is 0 Å². The molecule has 2 rings (SSSR count). The van der Waals surface area contributed by atoms with Crippen LogP contribution in [0.25, 0.3) is 10.9 Å². The van der Waals surface area contributed by atoms with Gasteiger partial charge in [0.15, 0.2) is 11.4 Å². The van der Waals surface area contributed by atoms with Crippen molar-refractivity contribution in [1.82, 2.24) is 10.3 Å². The summed E-state index contributed by atoms with van der Waals surface area (Å²) in [6.45, 7) is 2.02. The van der Waals surface area contributed by atoms with Gasteiger partial charge in [-0.15, -0.1) is 0 Å². The van der Waals surface area contributed by atoms with Gasteiger partial charge >= 0.3 is 0 Å². The Balaban J connectivity index is 2.39. The first-order valence-corrected chi connectivity index (χ1v) is 6.32. The number of rotatable bonds is 1. The van der Waals surface area contributed by atoms with Crippen LogP contribution in [0, 0.1) is 18.4 Å². The van der Waals surface area contributed by atoms with Gasteiger partial charge < -0.3 is 4.98 Å². The highest BCUT2D eigenvalue weighted by Crippen LogP contribution is 2.22. The number of aliphatic imine (C=N–C) groups is 1. The Morgan fingerprint density at radius 1 is 1.47 bits per heavy atom. The minimum absolute atomic E-state index is 0.596. The van der Waals surface area contributed by atoms with Crippen molar-refractivity contribution in [2.24, 2.45) is 4.99 Å². The molecule has 86 valence electrons. The van der Waals surface area contributed by atoms with Crippen LogP contribution < -0.4 is 5.32 Å². The smallest absolute Gasteiger partial charge is 0.183 e. The topological polar surface area (TPSA) is 64.0 Å². The fourth-order valence-electron chi connectivity index (χ4n) is 1.62. The molecule has 0 radical (unpaired) electrons. The van der Waals surface area contributed by atoms with Crippen molar-refractivity contribution in [3.05, 3.63) is 30.0 Å². The lowest BCUT2D eigenvalue weighted by atomic mass is 10.2. The minimum Gasteiger partial charge on any atom is -0.359 e. The van der Waals surface area contributed by atoms with Crippen LogP contribution in [0.4, 0.5) is 5.69 Å². The number of amidine groups is 1. The molecule has 0 aliphatic rings. The number of fused-ring (bicyclic) bond motifs is 1. The molecule has 0 spiro atoms. The second-order valence-electron chi connectivity index (χ2n) is 3.58. The first-order valence-electron chi connectivity index (χ1n) is 5.10. The summed E-state index contributed by atoms with van der Waals surface area (Å²) in [6, 6.07) is 7.98. The number of benzene rings is 1. The number of H-pyrrole nitrogens is 1. The third-order valence-electron chi connectivity index (χ3n) is 2.33. The van der Waals surface area contributed by atoms with Crippen LogP contribution in [0.1, 0.15) is 5.69 Å². The highest BCUT2D eigenvalue weighted by molar-refractivity contribution is 8.13. The van der Waals surface area contributed by atoms with Crippen molar-refractivity contribution in [3.8, 4) is 6.19 Å². The minimum atomic E-state index is 0.596. The van der Waals surface area contributed by atoms with Crippen molar-refractivity contribution in [2.75, 3.05) is 6.26 Å². The maximum atomic E-state index is 8.56. The Kier molecular flexibility index (Phi) is 3.35. The third kappa shape index (κ3) is 2.60. The zero-order valence-corrected chi connectivity index (χ0v) is 10.4. The summed E-state index contributed by atoms with van der Waals surface area (Å²) in [4.78, 5) is 7.61. The van der Waals surface area contributed by atoms with E-state index in [0.717, 1.165) is 22.3 Å². The number of aromatic nitrogens is 1. The number of nitrogens with one attached hydrogen (secondary N) is 2. The summed E-state index contributed by atoms with van der Waals surface area (Å²) in [5.41, 5.74) is 3.06. The lowest BCUT2D eigenvalue weighted by Crippen LogP contribution is -2.12. The summed E-state index contributed by atoms with van der Waals surface area (Å²) >= 11 is 1.41. The fourth-order valence-corrected chi connectivity index (χ4v) is 1.97. The van der Waals surface area contributed by atoms with Crippen LogP contribution in [0.5, 0.6) is 0 Å². The molecule has 0 fully saturated rings. The quantitative estimate of drug-likeness (QED) is 0.351. The molecule has 2 aromatic rings. The molecular weight excluding hydrogens is 232 g/mol. The lowest BCUT2D eigenvalue weighted by molar-refractivity contribution is 1.28. The Hall–Kier alpha value is -1.93. The molecule has 0 saturated carbocycles. The number of aryl methyl sites for hydroxylation is 1. The number of nitriles is 1. The summed E-state index contributed by atoms with van der Waals surface area (Å²) < 4.78 is 0. The molecule has 0 bridgehead atoms. The molecule has 0 aliphatic carbocycles. The molecule has 0 amide bonds.